The molecule has 0 heterocycles. The molecule has 1 atom stereocenters. The van der Waals surface area contributed by atoms with Gasteiger partial charge in [-0.15, -0.1) is 0 Å². The molecule has 0 aliphatic heterocycles. The molecule has 0 aromatic heterocycles. The molecule has 0 saturated carbocycles. The highest BCUT2D eigenvalue weighted by atomic mass is 16.3. The molecule has 1 unspecified atom stereocenters. The van der Waals surface area contributed by atoms with Crippen molar-refractivity contribution >= 4 is 6.03 Å². The van der Waals surface area contributed by atoms with Gasteiger partial charge >= 0.3 is 6.03 Å². The Kier molecular flexibility index (Phi) is 4.93. The molecule has 1 rings (SSSR count). The van der Waals surface area contributed by atoms with Crippen LogP contribution in [0.4, 0.5) is 4.79 Å². The molecule has 1 aromatic carbocycles. The first kappa shape index (κ1) is 13.5. The number of benzene rings is 1. The highest BCUT2D eigenvalue weighted by Crippen LogP contribution is 1.99. The lowest BCUT2D eigenvalue weighted by Gasteiger charge is -2.20. The monoisotopic (exact) mass is 238 g/mol. The van der Waals surface area contributed by atoms with Crippen molar-refractivity contribution < 1.29 is 15.0 Å². The van der Waals surface area contributed by atoms with Gasteiger partial charge in [0.2, 0.25) is 0 Å². The first-order valence-corrected chi connectivity index (χ1v) is 5.42. The summed E-state index contributed by atoms with van der Waals surface area (Å²) in [5.74, 6) is 0. The number of aliphatic hydroxyl groups excluding tert-OH is 1. The fourth-order valence-corrected chi connectivity index (χ4v) is 1.17. The predicted octanol–water partition coefficient (Wildman–Crippen LogP) is 0.229. The van der Waals surface area contributed by atoms with Gasteiger partial charge in [0.25, 0.3) is 0 Å². The van der Waals surface area contributed by atoms with Gasteiger partial charge in [0, 0.05) is 6.54 Å². The van der Waals surface area contributed by atoms with Crippen molar-refractivity contribution in [3.05, 3.63) is 35.9 Å². The second-order valence-corrected chi connectivity index (χ2v) is 4.18. The molecule has 0 aliphatic carbocycles. The number of hydrogen-bond donors (Lipinski definition) is 4. The van der Waals surface area contributed by atoms with Crippen LogP contribution in [0.2, 0.25) is 0 Å². The van der Waals surface area contributed by atoms with E-state index in [1.807, 2.05) is 30.3 Å². The summed E-state index contributed by atoms with van der Waals surface area (Å²) in [5, 5.41) is 23.4. The van der Waals surface area contributed by atoms with Gasteiger partial charge in [-0.2, -0.15) is 0 Å². The number of nitrogens with one attached hydrogen (secondary N) is 2. The third kappa shape index (κ3) is 5.33. The van der Waals surface area contributed by atoms with Crippen LogP contribution in [0.1, 0.15) is 12.5 Å². The average Bonchev–Trinajstić information content (AvgIpc) is 2.35. The maximum atomic E-state index is 11.4. The van der Waals surface area contributed by atoms with Crippen LogP contribution >= 0.6 is 0 Å². The number of hydrogen-bond acceptors (Lipinski definition) is 3. The van der Waals surface area contributed by atoms with Crippen molar-refractivity contribution in [2.75, 3.05) is 13.2 Å². The van der Waals surface area contributed by atoms with E-state index < -0.39 is 12.2 Å². The summed E-state index contributed by atoms with van der Waals surface area (Å²) < 4.78 is 0. The second-order valence-electron chi connectivity index (χ2n) is 4.18. The van der Waals surface area contributed by atoms with Gasteiger partial charge in [-0.05, 0) is 12.5 Å². The summed E-state index contributed by atoms with van der Waals surface area (Å²) in [4.78, 5) is 11.4. The Morgan fingerprint density at radius 2 is 1.94 bits per heavy atom. The number of urea groups is 1. The van der Waals surface area contributed by atoms with E-state index in [4.69, 9.17) is 5.11 Å². The molecule has 94 valence electrons. The van der Waals surface area contributed by atoms with Crippen molar-refractivity contribution in [1.82, 2.24) is 10.6 Å². The van der Waals surface area contributed by atoms with Crippen LogP contribution in [0.15, 0.2) is 30.3 Å². The zero-order chi connectivity index (χ0) is 12.7. The standard InChI is InChI=1S/C12H18N2O3/c1-12(17,9-15)8-14-11(16)13-7-10-5-3-2-4-6-10/h2-6,15,17H,7-9H2,1H3,(H2,13,14,16). The molecule has 0 fully saturated rings. The Morgan fingerprint density at radius 1 is 1.29 bits per heavy atom. The Balaban J connectivity index is 2.27. The number of carbonyl (C=O) groups is 1. The summed E-state index contributed by atoms with van der Waals surface area (Å²) in [6.07, 6.45) is 0. The van der Waals surface area contributed by atoms with Crippen LogP contribution in [0.25, 0.3) is 0 Å². The summed E-state index contributed by atoms with van der Waals surface area (Å²) >= 11 is 0. The van der Waals surface area contributed by atoms with E-state index in [9.17, 15) is 9.90 Å². The van der Waals surface area contributed by atoms with Gasteiger partial charge in [0.1, 0.15) is 5.60 Å². The number of amides is 2. The van der Waals surface area contributed by atoms with Gasteiger partial charge in [-0.3, -0.25) is 0 Å². The Morgan fingerprint density at radius 3 is 2.53 bits per heavy atom. The SMILES string of the molecule is CC(O)(CO)CNC(=O)NCc1ccccc1. The van der Waals surface area contributed by atoms with Crippen molar-refractivity contribution in [2.45, 2.75) is 19.1 Å². The number of carbonyl (C=O) groups excluding carboxylic acids is 1. The number of aliphatic hydroxyl groups is 2. The van der Waals surface area contributed by atoms with Crippen molar-refractivity contribution in [2.24, 2.45) is 0 Å². The topological polar surface area (TPSA) is 81.6 Å². The lowest BCUT2D eigenvalue weighted by Crippen LogP contribution is -2.46. The van der Waals surface area contributed by atoms with Crippen LogP contribution in [-0.2, 0) is 6.54 Å². The maximum Gasteiger partial charge on any atom is 0.315 e. The summed E-state index contributed by atoms with van der Waals surface area (Å²) in [6, 6.07) is 9.13. The first-order chi connectivity index (χ1) is 8.03. The fourth-order valence-electron chi connectivity index (χ4n) is 1.17. The molecular formula is C12H18N2O3. The van der Waals surface area contributed by atoms with Crippen molar-refractivity contribution in [3.63, 3.8) is 0 Å². The molecule has 4 N–H and O–H groups in total. The largest absolute Gasteiger partial charge is 0.393 e. The molecule has 0 spiro atoms. The molecule has 1 aromatic rings. The minimum atomic E-state index is -1.29. The van der Waals surface area contributed by atoms with Crippen molar-refractivity contribution in [1.29, 1.82) is 0 Å². The molecule has 2 amide bonds. The van der Waals surface area contributed by atoms with E-state index in [1.165, 1.54) is 6.92 Å². The quantitative estimate of drug-likeness (QED) is 0.592. The predicted molar refractivity (Wildman–Crippen MR) is 64.4 cm³/mol. The van der Waals surface area contributed by atoms with Crippen LogP contribution in [0.5, 0.6) is 0 Å². The van der Waals surface area contributed by atoms with E-state index in [0.29, 0.717) is 6.54 Å². The molecule has 5 nitrogen and oxygen atoms in total. The van der Waals surface area contributed by atoms with Gasteiger partial charge in [0.05, 0.1) is 13.2 Å². The lowest BCUT2D eigenvalue weighted by molar-refractivity contribution is 0.00483. The summed E-state index contributed by atoms with van der Waals surface area (Å²) in [6.45, 7) is 1.48. The van der Waals surface area contributed by atoms with Crippen LogP contribution < -0.4 is 10.6 Å². The van der Waals surface area contributed by atoms with Gasteiger partial charge in [-0.1, -0.05) is 30.3 Å². The minimum Gasteiger partial charge on any atom is -0.393 e. The average molecular weight is 238 g/mol. The van der Waals surface area contributed by atoms with Crippen LogP contribution in [0, 0.1) is 0 Å². The van der Waals surface area contributed by atoms with E-state index in [-0.39, 0.29) is 12.6 Å². The van der Waals surface area contributed by atoms with E-state index in [0.717, 1.165) is 5.56 Å². The Bertz CT molecular complexity index is 352. The zero-order valence-electron chi connectivity index (χ0n) is 9.81. The highest BCUT2D eigenvalue weighted by molar-refractivity contribution is 5.73. The summed E-state index contributed by atoms with van der Waals surface area (Å²) in [7, 11) is 0. The van der Waals surface area contributed by atoms with E-state index >= 15 is 0 Å². The van der Waals surface area contributed by atoms with Gasteiger partial charge in [0.15, 0.2) is 0 Å². The third-order valence-corrected chi connectivity index (χ3v) is 2.27. The Labute approximate surface area is 100 Å². The first-order valence-electron chi connectivity index (χ1n) is 5.42. The summed E-state index contributed by atoms with van der Waals surface area (Å²) in [5.41, 5.74) is -0.291. The van der Waals surface area contributed by atoms with Crippen LogP contribution in [-0.4, -0.2) is 35.0 Å². The second kappa shape index (κ2) is 6.22. The normalized spacial score (nSPS) is 13.8. The smallest absolute Gasteiger partial charge is 0.315 e. The van der Waals surface area contributed by atoms with E-state index in [2.05, 4.69) is 10.6 Å². The van der Waals surface area contributed by atoms with E-state index in [1.54, 1.807) is 0 Å². The van der Waals surface area contributed by atoms with Crippen LogP contribution in [0.3, 0.4) is 0 Å². The number of rotatable bonds is 5. The highest BCUT2D eigenvalue weighted by Gasteiger charge is 2.19. The fraction of sp³-hybridized carbons (Fsp3) is 0.417. The third-order valence-electron chi connectivity index (χ3n) is 2.27. The minimum absolute atomic E-state index is 0.00409. The van der Waals surface area contributed by atoms with Gasteiger partial charge in [-0.25, -0.2) is 4.79 Å². The zero-order valence-corrected chi connectivity index (χ0v) is 9.81. The van der Waals surface area contributed by atoms with Gasteiger partial charge < -0.3 is 20.8 Å². The lowest BCUT2D eigenvalue weighted by atomic mass is 10.1. The molecule has 17 heavy (non-hydrogen) atoms. The molecular weight excluding hydrogens is 220 g/mol. The molecule has 5 heteroatoms. The molecule has 0 aliphatic rings. The molecule has 0 radical (unpaired) electrons. The maximum absolute atomic E-state index is 11.4. The molecule has 0 bridgehead atoms. The Hall–Kier alpha value is -1.59. The molecule has 0 saturated heterocycles. The van der Waals surface area contributed by atoms with Crippen molar-refractivity contribution in [3.8, 4) is 0 Å².